The molecule has 17 heavy (non-hydrogen) atoms. The molecule has 0 fully saturated rings. The molecule has 0 aliphatic carbocycles. The number of aliphatic carboxylic acids is 1. The third kappa shape index (κ3) is 2.55. The highest BCUT2D eigenvalue weighted by Gasteiger charge is 2.15. The van der Waals surface area contributed by atoms with Crippen LogP contribution in [0.15, 0.2) is 24.3 Å². The van der Waals surface area contributed by atoms with Crippen LogP contribution >= 0.6 is 11.5 Å². The van der Waals surface area contributed by atoms with Gasteiger partial charge in [-0.25, -0.2) is 0 Å². The molecule has 2 aromatic rings. The quantitative estimate of drug-likeness (QED) is 0.856. The van der Waals surface area contributed by atoms with E-state index in [0.717, 1.165) is 15.9 Å². The lowest BCUT2D eigenvalue weighted by Gasteiger charge is -2.10. The number of benzene rings is 1. The van der Waals surface area contributed by atoms with E-state index in [0.29, 0.717) is 13.0 Å². The van der Waals surface area contributed by atoms with Crippen molar-refractivity contribution in [3.8, 4) is 0 Å². The summed E-state index contributed by atoms with van der Waals surface area (Å²) in [6.07, 6.45) is 0.624. The van der Waals surface area contributed by atoms with Crippen LogP contribution in [0.2, 0.25) is 0 Å². The molecule has 1 heterocycles. The Kier molecular flexibility index (Phi) is 3.58. The molecular weight excluding hydrogens is 236 g/mol. The monoisotopic (exact) mass is 250 g/mol. The fourth-order valence-corrected chi connectivity index (χ4v) is 2.41. The average molecular weight is 250 g/mol. The van der Waals surface area contributed by atoms with Gasteiger partial charge in [-0.3, -0.25) is 4.79 Å². The third-order valence-corrected chi connectivity index (χ3v) is 3.57. The van der Waals surface area contributed by atoms with Gasteiger partial charge in [0.2, 0.25) is 0 Å². The molecule has 5 heteroatoms. The summed E-state index contributed by atoms with van der Waals surface area (Å²) in [7, 11) is 0. The number of aromatic nitrogens is 1. The molecule has 0 saturated carbocycles. The van der Waals surface area contributed by atoms with Gasteiger partial charge in [0.15, 0.2) is 0 Å². The maximum atomic E-state index is 10.9. The fourth-order valence-electron chi connectivity index (χ4n) is 1.64. The predicted molar refractivity (Wildman–Crippen MR) is 69.5 cm³/mol. The van der Waals surface area contributed by atoms with Gasteiger partial charge in [-0.1, -0.05) is 19.1 Å². The first-order valence-corrected chi connectivity index (χ1v) is 6.30. The highest BCUT2D eigenvalue weighted by atomic mass is 32.1. The summed E-state index contributed by atoms with van der Waals surface area (Å²) in [5, 5.41) is 14.1. The highest BCUT2D eigenvalue weighted by molar-refractivity contribution is 7.11. The van der Waals surface area contributed by atoms with Gasteiger partial charge in [-0.05, 0) is 30.1 Å². The van der Waals surface area contributed by atoms with Gasteiger partial charge in [-0.2, -0.15) is 4.37 Å². The number of carboxylic acids is 1. The first kappa shape index (κ1) is 11.9. The van der Waals surface area contributed by atoms with Gasteiger partial charge in [0, 0.05) is 11.9 Å². The Morgan fingerprint density at radius 3 is 3.00 bits per heavy atom. The van der Waals surface area contributed by atoms with Crippen molar-refractivity contribution in [1.82, 2.24) is 4.37 Å². The molecule has 0 spiro atoms. The average Bonchev–Trinajstić information content (AvgIpc) is 2.73. The molecule has 0 amide bonds. The largest absolute Gasteiger partial charge is 0.481 e. The molecule has 1 aromatic heterocycles. The first-order chi connectivity index (χ1) is 8.22. The summed E-state index contributed by atoms with van der Waals surface area (Å²) in [6.45, 7) is 2.32. The number of hydrogen-bond donors (Lipinski definition) is 2. The van der Waals surface area contributed by atoms with Crippen molar-refractivity contribution in [3.63, 3.8) is 0 Å². The van der Waals surface area contributed by atoms with E-state index in [1.165, 1.54) is 11.5 Å². The number of nitrogens with zero attached hydrogens (tertiary/aromatic N) is 1. The van der Waals surface area contributed by atoms with Crippen molar-refractivity contribution in [3.05, 3.63) is 24.3 Å². The van der Waals surface area contributed by atoms with Crippen LogP contribution in [0.25, 0.3) is 10.9 Å². The smallest absolute Gasteiger partial charge is 0.308 e. The Bertz CT molecular complexity index is 524. The molecule has 90 valence electrons. The van der Waals surface area contributed by atoms with Gasteiger partial charge in [0.1, 0.15) is 5.00 Å². The molecule has 0 aliphatic heterocycles. The van der Waals surface area contributed by atoms with Gasteiger partial charge in [0.25, 0.3) is 0 Å². The van der Waals surface area contributed by atoms with E-state index in [2.05, 4.69) is 9.69 Å². The van der Waals surface area contributed by atoms with Crippen molar-refractivity contribution in [2.45, 2.75) is 13.3 Å². The van der Waals surface area contributed by atoms with E-state index in [9.17, 15) is 4.79 Å². The number of hydrogen-bond acceptors (Lipinski definition) is 4. The molecular formula is C12H14N2O2S. The summed E-state index contributed by atoms with van der Waals surface area (Å²) < 4.78 is 4.30. The standard InChI is InChI=1S/C12H14N2O2S/c1-2-8(12(15)16)7-13-11-9-5-3-4-6-10(9)14-17-11/h3-6,8,13H,2,7H2,1H3,(H,15,16). The van der Waals surface area contributed by atoms with E-state index in [4.69, 9.17) is 5.11 Å². The maximum Gasteiger partial charge on any atom is 0.308 e. The number of rotatable bonds is 5. The molecule has 0 aliphatic rings. The lowest BCUT2D eigenvalue weighted by atomic mass is 10.1. The van der Waals surface area contributed by atoms with Gasteiger partial charge >= 0.3 is 5.97 Å². The van der Waals surface area contributed by atoms with Crippen LogP contribution < -0.4 is 5.32 Å². The third-order valence-electron chi connectivity index (χ3n) is 2.74. The van der Waals surface area contributed by atoms with Gasteiger partial charge in [0.05, 0.1) is 11.4 Å². The topological polar surface area (TPSA) is 62.2 Å². The molecule has 1 aromatic carbocycles. The van der Waals surface area contributed by atoms with Crippen molar-refractivity contribution in [2.24, 2.45) is 5.92 Å². The molecule has 0 radical (unpaired) electrons. The zero-order valence-electron chi connectivity index (χ0n) is 9.51. The SMILES string of the molecule is CCC(CNc1snc2ccccc12)C(=O)O. The number of carbonyl (C=O) groups is 1. The lowest BCUT2D eigenvalue weighted by Crippen LogP contribution is -2.21. The Hall–Kier alpha value is -1.62. The first-order valence-electron chi connectivity index (χ1n) is 5.53. The summed E-state index contributed by atoms with van der Waals surface area (Å²) >= 11 is 1.37. The molecule has 0 bridgehead atoms. The summed E-state index contributed by atoms with van der Waals surface area (Å²) in [6, 6.07) is 7.84. The van der Waals surface area contributed by atoms with E-state index in [1.54, 1.807) is 0 Å². The van der Waals surface area contributed by atoms with Crippen LogP contribution in [0.5, 0.6) is 0 Å². The number of anilines is 1. The Balaban J connectivity index is 2.11. The zero-order chi connectivity index (χ0) is 12.3. The second-order valence-electron chi connectivity index (χ2n) is 3.85. The minimum Gasteiger partial charge on any atom is -0.481 e. The van der Waals surface area contributed by atoms with Gasteiger partial charge in [-0.15, -0.1) is 0 Å². The zero-order valence-corrected chi connectivity index (χ0v) is 10.3. The summed E-state index contributed by atoms with van der Waals surface area (Å²) in [5.41, 5.74) is 0.948. The lowest BCUT2D eigenvalue weighted by molar-refractivity contribution is -0.141. The normalized spacial score (nSPS) is 12.5. The predicted octanol–water partition coefficient (Wildman–Crippen LogP) is 2.82. The Morgan fingerprint density at radius 1 is 1.53 bits per heavy atom. The molecule has 1 unspecified atom stereocenters. The Morgan fingerprint density at radius 2 is 2.29 bits per heavy atom. The van der Waals surface area contributed by atoms with Crippen molar-refractivity contribution in [2.75, 3.05) is 11.9 Å². The van der Waals surface area contributed by atoms with E-state index >= 15 is 0 Å². The highest BCUT2D eigenvalue weighted by Crippen LogP contribution is 2.27. The minimum absolute atomic E-state index is 0.351. The van der Waals surface area contributed by atoms with Crippen molar-refractivity contribution < 1.29 is 9.90 Å². The summed E-state index contributed by atoms with van der Waals surface area (Å²) in [4.78, 5) is 10.9. The van der Waals surface area contributed by atoms with Crippen molar-refractivity contribution in [1.29, 1.82) is 0 Å². The van der Waals surface area contributed by atoms with Gasteiger partial charge < -0.3 is 10.4 Å². The maximum absolute atomic E-state index is 10.9. The Labute approximate surface area is 103 Å². The van der Waals surface area contributed by atoms with E-state index < -0.39 is 5.97 Å². The van der Waals surface area contributed by atoms with Crippen LogP contribution in [0, 0.1) is 5.92 Å². The summed E-state index contributed by atoms with van der Waals surface area (Å²) in [5.74, 6) is -1.11. The van der Waals surface area contributed by atoms with Crippen molar-refractivity contribution >= 4 is 33.4 Å². The molecule has 2 rings (SSSR count). The molecule has 0 saturated heterocycles. The molecule has 1 atom stereocenters. The number of fused-ring (bicyclic) bond motifs is 1. The van der Waals surface area contributed by atoms with Crippen LogP contribution in [-0.4, -0.2) is 22.0 Å². The van der Waals surface area contributed by atoms with Crippen LogP contribution in [0.1, 0.15) is 13.3 Å². The van der Waals surface area contributed by atoms with Crippen LogP contribution in [0.4, 0.5) is 5.00 Å². The number of nitrogens with one attached hydrogen (secondary N) is 1. The van der Waals surface area contributed by atoms with E-state index in [-0.39, 0.29) is 5.92 Å². The van der Waals surface area contributed by atoms with E-state index in [1.807, 2.05) is 31.2 Å². The molecule has 2 N–H and O–H groups in total. The second kappa shape index (κ2) is 5.14. The second-order valence-corrected chi connectivity index (χ2v) is 4.63. The fraction of sp³-hybridized carbons (Fsp3) is 0.333. The minimum atomic E-state index is -0.756. The van der Waals surface area contributed by atoms with Crippen LogP contribution in [0.3, 0.4) is 0 Å². The number of carboxylic acid groups (broad SMARTS) is 1. The molecule has 4 nitrogen and oxygen atoms in total. The van der Waals surface area contributed by atoms with Crippen LogP contribution in [-0.2, 0) is 4.79 Å².